The van der Waals surface area contributed by atoms with Gasteiger partial charge in [0.2, 0.25) is 5.91 Å². The maximum absolute atomic E-state index is 13.0. The van der Waals surface area contributed by atoms with Gasteiger partial charge in [-0.25, -0.2) is 4.39 Å². The molecule has 1 atom stereocenters. The first-order valence-corrected chi connectivity index (χ1v) is 7.43. The molecule has 1 heterocycles. The number of primary amides is 1. The Bertz CT molecular complexity index is 526. The molecular weight excluding hydrogens is 295 g/mol. The van der Waals surface area contributed by atoms with Crippen LogP contribution in [0.1, 0.15) is 31.2 Å². The summed E-state index contributed by atoms with van der Waals surface area (Å²) in [6.45, 7) is 1.86. The number of nitrogens with zero attached hydrogens (tertiary/aromatic N) is 1. The average molecular weight is 315 g/mol. The molecule has 4 nitrogen and oxygen atoms in total. The first kappa shape index (κ1) is 16.2. The van der Waals surface area contributed by atoms with Crippen molar-refractivity contribution in [1.29, 1.82) is 0 Å². The van der Waals surface area contributed by atoms with E-state index in [1.54, 1.807) is 6.07 Å². The van der Waals surface area contributed by atoms with Crippen molar-refractivity contribution in [2.75, 3.05) is 13.1 Å². The van der Waals surface area contributed by atoms with E-state index < -0.39 is 11.5 Å². The molecule has 3 N–H and O–H groups in total. The van der Waals surface area contributed by atoms with Crippen LogP contribution in [0.15, 0.2) is 18.2 Å². The molecule has 1 aromatic carbocycles. The lowest BCUT2D eigenvalue weighted by atomic mass is 9.88. The second-order valence-electron chi connectivity index (χ2n) is 5.74. The van der Waals surface area contributed by atoms with Crippen LogP contribution >= 0.6 is 11.6 Å². The number of halogens is 2. The van der Waals surface area contributed by atoms with Gasteiger partial charge in [-0.1, -0.05) is 17.7 Å². The van der Waals surface area contributed by atoms with Crippen LogP contribution in [-0.2, 0) is 11.3 Å². The predicted octanol–water partition coefficient (Wildman–Crippen LogP) is 2.07. The zero-order valence-electron chi connectivity index (χ0n) is 11.8. The average Bonchev–Trinajstić information content (AvgIpc) is 2.40. The van der Waals surface area contributed by atoms with Crippen molar-refractivity contribution in [2.24, 2.45) is 5.73 Å². The molecule has 0 saturated carbocycles. The highest BCUT2D eigenvalue weighted by atomic mass is 35.5. The highest BCUT2D eigenvalue weighted by Crippen LogP contribution is 2.28. The Morgan fingerprint density at radius 2 is 2.29 bits per heavy atom. The van der Waals surface area contributed by atoms with Crippen molar-refractivity contribution in [3.8, 4) is 0 Å². The quantitative estimate of drug-likeness (QED) is 0.874. The van der Waals surface area contributed by atoms with Crippen molar-refractivity contribution >= 4 is 17.5 Å². The molecule has 0 aromatic heterocycles. The summed E-state index contributed by atoms with van der Waals surface area (Å²) >= 11 is 6.03. The topological polar surface area (TPSA) is 66.6 Å². The van der Waals surface area contributed by atoms with Crippen LogP contribution in [0, 0.1) is 5.82 Å². The van der Waals surface area contributed by atoms with E-state index in [1.807, 2.05) is 0 Å². The van der Waals surface area contributed by atoms with E-state index in [1.165, 1.54) is 12.1 Å². The number of carbonyl (C=O) groups excluding carboxylic acids is 1. The van der Waals surface area contributed by atoms with E-state index in [0.29, 0.717) is 31.0 Å². The summed E-state index contributed by atoms with van der Waals surface area (Å²) in [4.78, 5) is 13.0. The number of benzene rings is 1. The second kappa shape index (κ2) is 6.73. The third kappa shape index (κ3) is 4.66. The van der Waals surface area contributed by atoms with Gasteiger partial charge in [0.1, 0.15) is 5.82 Å². The van der Waals surface area contributed by atoms with Crippen LogP contribution in [0.4, 0.5) is 4.39 Å². The normalized spacial score (nSPS) is 23.2. The molecule has 0 radical (unpaired) electrons. The fraction of sp³-hybridized carbons (Fsp3) is 0.533. The lowest BCUT2D eigenvalue weighted by Crippen LogP contribution is -2.48. The van der Waals surface area contributed by atoms with Crippen molar-refractivity contribution in [3.63, 3.8) is 0 Å². The van der Waals surface area contributed by atoms with Gasteiger partial charge < -0.3 is 10.8 Å². The number of amides is 1. The molecule has 1 amide bonds. The highest BCUT2D eigenvalue weighted by Gasteiger charge is 2.33. The van der Waals surface area contributed by atoms with Gasteiger partial charge in [-0.05, 0) is 43.5 Å². The summed E-state index contributed by atoms with van der Waals surface area (Å²) in [7, 11) is 0. The lowest BCUT2D eigenvalue weighted by Gasteiger charge is -2.39. The second-order valence-corrected chi connectivity index (χ2v) is 6.15. The molecule has 0 aliphatic carbocycles. The first-order chi connectivity index (χ1) is 9.88. The van der Waals surface area contributed by atoms with Crippen LogP contribution < -0.4 is 5.73 Å². The summed E-state index contributed by atoms with van der Waals surface area (Å²) < 4.78 is 13.0. The number of carbonyl (C=O) groups is 1. The maximum Gasteiger partial charge on any atom is 0.217 e. The SMILES string of the molecule is NC(=O)CC[C@@]1(O)CCCN(Cc2ccc(F)cc2Cl)C1. The Morgan fingerprint density at radius 3 is 2.95 bits per heavy atom. The molecule has 0 unspecified atom stereocenters. The first-order valence-electron chi connectivity index (χ1n) is 7.05. The van der Waals surface area contributed by atoms with Gasteiger partial charge in [0.15, 0.2) is 0 Å². The van der Waals surface area contributed by atoms with E-state index in [4.69, 9.17) is 17.3 Å². The summed E-state index contributed by atoms with van der Waals surface area (Å²) in [6, 6.07) is 4.33. The molecule has 0 spiro atoms. The van der Waals surface area contributed by atoms with Crippen molar-refractivity contribution in [3.05, 3.63) is 34.6 Å². The molecule has 1 fully saturated rings. The summed E-state index contributed by atoms with van der Waals surface area (Å²) in [5, 5.41) is 10.9. The Hall–Kier alpha value is -1.17. The van der Waals surface area contributed by atoms with E-state index in [2.05, 4.69) is 4.90 Å². The van der Waals surface area contributed by atoms with Gasteiger partial charge in [-0.2, -0.15) is 0 Å². The van der Waals surface area contributed by atoms with Gasteiger partial charge in [0.05, 0.1) is 5.60 Å². The van der Waals surface area contributed by atoms with E-state index in [0.717, 1.165) is 18.5 Å². The highest BCUT2D eigenvalue weighted by molar-refractivity contribution is 6.31. The molecular formula is C15H20ClFN2O2. The third-order valence-corrected chi connectivity index (χ3v) is 4.23. The Balaban J connectivity index is 1.99. The van der Waals surface area contributed by atoms with Crippen LogP contribution in [0.3, 0.4) is 0 Å². The number of likely N-dealkylation sites (tertiary alicyclic amines) is 1. The van der Waals surface area contributed by atoms with Gasteiger partial charge in [-0.3, -0.25) is 9.69 Å². The third-order valence-electron chi connectivity index (χ3n) is 3.88. The molecule has 1 saturated heterocycles. The minimum atomic E-state index is -0.889. The van der Waals surface area contributed by atoms with E-state index >= 15 is 0 Å². The lowest BCUT2D eigenvalue weighted by molar-refractivity contribution is -0.120. The monoisotopic (exact) mass is 314 g/mol. The molecule has 2 rings (SSSR count). The fourth-order valence-electron chi connectivity index (χ4n) is 2.79. The van der Waals surface area contributed by atoms with E-state index in [9.17, 15) is 14.3 Å². The number of piperidine rings is 1. The molecule has 0 bridgehead atoms. The zero-order valence-corrected chi connectivity index (χ0v) is 12.6. The molecule has 1 aromatic rings. The van der Waals surface area contributed by atoms with E-state index in [-0.39, 0.29) is 12.2 Å². The summed E-state index contributed by atoms with van der Waals surface area (Å²) in [5.74, 6) is -0.762. The number of rotatable bonds is 5. The number of nitrogens with two attached hydrogens (primary N) is 1. The van der Waals surface area contributed by atoms with Crippen molar-refractivity contribution < 1.29 is 14.3 Å². The molecule has 1 aliphatic rings. The number of hydrogen-bond acceptors (Lipinski definition) is 3. The minimum absolute atomic E-state index is 0.182. The molecule has 1 aliphatic heterocycles. The predicted molar refractivity (Wildman–Crippen MR) is 79.3 cm³/mol. The van der Waals surface area contributed by atoms with Gasteiger partial charge in [0, 0.05) is 24.5 Å². The van der Waals surface area contributed by atoms with Gasteiger partial charge in [0.25, 0.3) is 0 Å². The number of hydrogen-bond donors (Lipinski definition) is 2. The summed E-state index contributed by atoms with van der Waals surface area (Å²) in [5.41, 5.74) is 5.09. The largest absolute Gasteiger partial charge is 0.389 e. The smallest absolute Gasteiger partial charge is 0.217 e. The Kier molecular flexibility index (Phi) is 5.19. The number of β-amino-alcohol motifs (C(OH)–C–C–N with tert-alkyl or cyclic N) is 1. The van der Waals surface area contributed by atoms with Gasteiger partial charge in [-0.15, -0.1) is 0 Å². The Morgan fingerprint density at radius 1 is 1.52 bits per heavy atom. The Labute approximate surface area is 128 Å². The number of aliphatic hydroxyl groups is 1. The van der Waals surface area contributed by atoms with Crippen molar-refractivity contribution in [1.82, 2.24) is 4.90 Å². The van der Waals surface area contributed by atoms with Crippen LogP contribution in [0.5, 0.6) is 0 Å². The standard InChI is InChI=1S/C15H20ClFN2O2/c16-13-8-12(17)3-2-11(13)9-19-7-1-5-15(21,10-19)6-4-14(18)20/h2-3,8,21H,1,4-7,9-10H2,(H2,18,20)/t15-/m0/s1. The summed E-state index contributed by atoms with van der Waals surface area (Å²) in [6.07, 6.45) is 2.06. The molecule has 116 valence electrons. The van der Waals surface area contributed by atoms with Gasteiger partial charge >= 0.3 is 0 Å². The van der Waals surface area contributed by atoms with Crippen LogP contribution in [-0.4, -0.2) is 34.6 Å². The molecule has 6 heteroatoms. The zero-order chi connectivity index (χ0) is 15.5. The molecule has 21 heavy (non-hydrogen) atoms. The van der Waals surface area contributed by atoms with Crippen LogP contribution in [0.2, 0.25) is 5.02 Å². The minimum Gasteiger partial charge on any atom is -0.389 e. The fourth-order valence-corrected chi connectivity index (χ4v) is 3.02. The maximum atomic E-state index is 13.0. The van der Waals surface area contributed by atoms with Crippen LogP contribution in [0.25, 0.3) is 0 Å². The van der Waals surface area contributed by atoms with Crippen molar-refractivity contribution in [2.45, 2.75) is 37.8 Å².